The maximum absolute atomic E-state index is 5.63. The van der Waals surface area contributed by atoms with Crippen molar-refractivity contribution < 1.29 is 0 Å². The molecule has 0 amide bonds. The van der Waals surface area contributed by atoms with Crippen molar-refractivity contribution in [1.82, 2.24) is 9.55 Å². The van der Waals surface area contributed by atoms with E-state index in [1.807, 2.05) is 18.5 Å². The molecule has 3 rings (SSSR count). The van der Waals surface area contributed by atoms with Crippen molar-refractivity contribution in [2.75, 3.05) is 0 Å². The molecule has 1 aromatic heterocycles. The number of nitrogens with two attached hydrogens (primary N) is 1. The predicted molar refractivity (Wildman–Crippen MR) is 84.9 cm³/mol. The summed E-state index contributed by atoms with van der Waals surface area (Å²) in [5.41, 5.74) is 9.34. The highest BCUT2D eigenvalue weighted by atomic mass is 15.1. The summed E-state index contributed by atoms with van der Waals surface area (Å²) in [6.45, 7) is 1.43. The molecule has 0 saturated carbocycles. The fraction of sp³-hybridized carbons (Fsp3) is 0.167. The number of imidazole rings is 1. The number of nitrogens with zero attached hydrogens (tertiary/aromatic N) is 2. The van der Waals surface area contributed by atoms with Gasteiger partial charge in [0.25, 0.3) is 0 Å². The van der Waals surface area contributed by atoms with Crippen LogP contribution >= 0.6 is 0 Å². The topological polar surface area (TPSA) is 43.8 Å². The van der Waals surface area contributed by atoms with E-state index >= 15 is 0 Å². The van der Waals surface area contributed by atoms with E-state index in [4.69, 9.17) is 5.73 Å². The van der Waals surface area contributed by atoms with E-state index in [9.17, 15) is 0 Å². The SMILES string of the molecule is NCc1ccc(Cn2ccnc2Cc2ccccc2)cc1. The lowest BCUT2D eigenvalue weighted by molar-refractivity contribution is 0.740. The zero-order valence-electron chi connectivity index (χ0n) is 11.9. The van der Waals surface area contributed by atoms with Gasteiger partial charge in [0, 0.05) is 31.9 Å². The van der Waals surface area contributed by atoms with Gasteiger partial charge in [0.2, 0.25) is 0 Å². The maximum atomic E-state index is 5.63. The first-order valence-corrected chi connectivity index (χ1v) is 7.17. The zero-order valence-corrected chi connectivity index (χ0v) is 11.9. The second-order valence-corrected chi connectivity index (χ2v) is 5.15. The Hall–Kier alpha value is -2.39. The molecule has 0 aliphatic carbocycles. The van der Waals surface area contributed by atoms with E-state index in [0.717, 1.165) is 24.4 Å². The van der Waals surface area contributed by atoms with Crippen molar-refractivity contribution in [3.05, 3.63) is 89.5 Å². The van der Waals surface area contributed by atoms with Gasteiger partial charge in [0.1, 0.15) is 5.82 Å². The van der Waals surface area contributed by atoms with Gasteiger partial charge in [-0.3, -0.25) is 0 Å². The summed E-state index contributed by atoms with van der Waals surface area (Å²) in [6.07, 6.45) is 4.76. The summed E-state index contributed by atoms with van der Waals surface area (Å²) < 4.78 is 2.20. The summed E-state index contributed by atoms with van der Waals surface area (Å²) in [4.78, 5) is 4.48. The van der Waals surface area contributed by atoms with Crippen LogP contribution in [0.15, 0.2) is 67.0 Å². The Labute approximate surface area is 125 Å². The molecule has 0 saturated heterocycles. The largest absolute Gasteiger partial charge is 0.330 e. The van der Waals surface area contributed by atoms with Gasteiger partial charge >= 0.3 is 0 Å². The number of aromatic nitrogens is 2. The molecular formula is C18H19N3. The molecule has 2 N–H and O–H groups in total. The van der Waals surface area contributed by atoms with E-state index < -0.39 is 0 Å². The summed E-state index contributed by atoms with van der Waals surface area (Å²) in [7, 11) is 0. The van der Waals surface area contributed by atoms with Crippen LogP contribution in [0.25, 0.3) is 0 Å². The highest BCUT2D eigenvalue weighted by molar-refractivity contribution is 5.24. The molecule has 0 aliphatic heterocycles. The minimum Gasteiger partial charge on any atom is -0.330 e. The Bertz CT molecular complexity index is 684. The third kappa shape index (κ3) is 3.38. The first kappa shape index (κ1) is 13.6. The third-order valence-corrected chi connectivity index (χ3v) is 3.62. The van der Waals surface area contributed by atoms with E-state index in [0.29, 0.717) is 6.54 Å². The van der Waals surface area contributed by atoms with Crippen molar-refractivity contribution in [2.24, 2.45) is 5.73 Å². The zero-order chi connectivity index (χ0) is 14.5. The molecule has 106 valence electrons. The molecule has 0 fully saturated rings. The predicted octanol–water partition coefficient (Wildman–Crippen LogP) is 2.98. The molecule has 1 heterocycles. The number of benzene rings is 2. The van der Waals surface area contributed by atoms with E-state index in [1.165, 1.54) is 11.1 Å². The molecule has 2 aromatic carbocycles. The number of hydrogen-bond acceptors (Lipinski definition) is 2. The maximum Gasteiger partial charge on any atom is 0.113 e. The Morgan fingerprint density at radius 2 is 1.57 bits per heavy atom. The normalized spacial score (nSPS) is 10.7. The lowest BCUT2D eigenvalue weighted by Gasteiger charge is -2.09. The molecule has 0 atom stereocenters. The monoisotopic (exact) mass is 277 g/mol. The van der Waals surface area contributed by atoms with E-state index in [-0.39, 0.29) is 0 Å². The van der Waals surface area contributed by atoms with Crippen molar-refractivity contribution in [2.45, 2.75) is 19.5 Å². The van der Waals surface area contributed by atoms with Crippen LogP contribution in [0.2, 0.25) is 0 Å². The number of hydrogen-bond donors (Lipinski definition) is 1. The molecule has 3 aromatic rings. The standard InChI is InChI=1S/C18H19N3/c19-13-16-6-8-17(9-7-16)14-21-11-10-20-18(21)12-15-4-2-1-3-5-15/h1-11H,12-14,19H2. The van der Waals surface area contributed by atoms with Gasteiger partial charge in [-0.1, -0.05) is 54.6 Å². The van der Waals surface area contributed by atoms with E-state index in [1.54, 1.807) is 0 Å². The van der Waals surface area contributed by atoms with Crippen LogP contribution in [0.4, 0.5) is 0 Å². The first-order chi connectivity index (χ1) is 10.3. The highest BCUT2D eigenvalue weighted by Gasteiger charge is 2.05. The van der Waals surface area contributed by atoms with E-state index in [2.05, 4.69) is 58.1 Å². The molecule has 0 spiro atoms. The van der Waals surface area contributed by atoms with Crippen LogP contribution in [-0.2, 0) is 19.5 Å². The fourth-order valence-electron chi connectivity index (χ4n) is 2.41. The van der Waals surface area contributed by atoms with Crippen molar-refractivity contribution in [3.63, 3.8) is 0 Å². The average Bonchev–Trinajstić information content (AvgIpc) is 2.96. The van der Waals surface area contributed by atoms with Crippen molar-refractivity contribution >= 4 is 0 Å². The van der Waals surface area contributed by atoms with Crippen molar-refractivity contribution in [3.8, 4) is 0 Å². The van der Waals surface area contributed by atoms with Crippen LogP contribution < -0.4 is 5.73 Å². The van der Waals surface area contributed by atoms with Gasteiger partial charge in [-0.15, -0.1) is 0 Å². The Morgan fingerprint density at radius 3 is 2.29 bits per heavy atom. The molecule has 0 unspecified atom stereocenters. The second-order valence-electron chi connectivity index (χ2n) is 5.15. The molecule has 21 heavy (non-hydrogen) atoms. The quantitative estimate of drug-likeness (QED) is 0.779. The van der Waals surface area contributed by atoms with Crippen LogP contribution in [0.1, 0.15) is 22.5 Å². The molecule has 3 nitrogen and oxygen atoms in total. The summed E-state index contributed by atoms with van der Waals surface area (Å²) in [5.74, 6) is 1.09. The molecule has 0 bridgehead atoms. The van der Waals surface area contributed by atoms with Gasteiger partial charge in [-0.2, -0.15) is 0 Å². The third-order valence-electron chi connectivity index (χ3n) is 3.62. The van der Waals surface area contributed by atoms with Crippen LogP contribution in [0.3, 0.4) is 0 Å². The van der Waals surface area contributed by atoms with Gasteiger partial charge in [-0.05, 0) is 16.7 Å². The summed E-state index contributed by atoms with van der Waals surface area (Å²) in [5, 5.41) is 0. The fourth-order valence-corrected chi connectivity index (χ4v) is 2.41. The van der Waals surface area contributed by atoms with Gasteiger partial charge in [0.15, 0.2) is 0 Å². The lowest BCUT2D eigenvalue weighted by Crippen LogP contribution is -2.05. The van der Waals surface area contributed by atoms with Gasteiger partial charge in [0.05, 0.1) is 0 Å². The second kappa shape index (κ2) is 6.37. The minimum atomic E-state index is 0.588. The molecule has 0 radical (unpaired) electrons. The first-order valence-electron chi connectivity index (χ1n) is 7.17. The highest BCUT2D eigenvalue weighted by Crippen LogP contribution is 2.11. The summed E-state index contributed by atoms with van der Waals surface area (Å²) >= 11 is 0. The molecule has 3 heteroatoms. The van der Waals surface area contributed by atoms with Crippen molar-refractivity contribution in [1.29, 1.82) is 0 Å². The van der Waals surface area contributed by atoms with Crippen LogP contribution in [-0.4, -0.2) is 9.55 Å². The minimum absolute atomic E-state index is 0.588. The van der Waals surface area contributed by atoms with Crippen LogP contribution in [0.5, 0.6) is 0 Å². The Morgan fingerprint density at radius 1 is 0.857 bits per heavy atom. The van der Waals surface area contributed by atoms with Crippen LogP contribution in [0, 0.1) is 0 Å². The number of rotatable bonds is 5. The Kier molecular flexibility index (Phi) is 4.12. The Balaban J connectivity index is 1.75. The lowest BCUT2D eigenvalue weighted by atomic mass is 10.1. The molecule has 0 aliphatic rings. The molecular weight excluding hydrogens is 258 g/mol. The van der Waals surface area contributed by atoms with Gasteiger partial charge in [-0.25, -0.2) is 4.98 Å². The van der Waals surface area contributed by atoms with Gasteiger partial charge < -0.3 is 10.3 Å². The average molecular weight is 277 g/mol. The summed E-state index contributed by atoms with van der Waals surface area (Å²) in [6, 6.07) is 18.9. The smallest absolute Gasteiger partial charge is 0.113 e.